The van der Waals surface area contributed by atoms with Gasteiger partial charge in [-0.1, -0.05) is 29.6 Å². The van der Waals surface area contributed by atoms with E-state index in [-0.39, 0.29) is 23.4 Å². The molecule has 2 aromatic rings. The fourth-order valence-electron chi connectivity index (χ4n) is 3.63. The van der Waals surface area contributed by atoms with Gasteiger partial charge in [-0.15, -0.1) is 0 Å². The Bertz CT molecular complexity index is 685. The number of halogens is 2. The van der Waals surface area contributed by atoms with Gasteiger partial charge in [0.25, 0.3) is 0 Å². The summed E-state index contributed by atoms with van der Waals surface area (Å²) < 4.78 is 0. The van der Waals surface area contributed by atoms with Crippen molar-refractivity contribution in [1.29, 1.82) is 0 Å². The Morgan fingerprint density at radius 2 is 1.08 bits per heavy atom. The molecule has 0 saturated heterocycles. The van der Waals surface area contributed by atoms with E-state index in [0.717, 1.165) is 19.3 Å². The Hall–Kier alpha value is -1.64. The van der Waals surface area contributed by atoms with Crippen LogP contribution in [0.1, 0.15) is 52.8 Å². The van der Waals surface area contributed by atoms with Crippen molar-refractivity contribution in [2.24, 2.45) is 11.8 Å². The number of ketones is 2. The molecular weight excluding hydrogens is 355 g/mol. The molecule has 1 aliphatic rings. The van der Waals surface area contributed by atoms with Gasteiger partial charge < -0.3 is 0 Å². The van der Waals surface area contributed by atoms with E-state index < -0.39 is 0 Å². The van der Waals surface area contributed by atoms with E-state index in [0.29, 0.717) is 34.0 Å². The Morgan fingerprint density at radius 3 is 1.44 bits per heavy atom. The topological polar surface area (TPSA) is 34.1 Å². The molecule has 2 atom stereocenters. The maximum atomic E-state index is 12.5. The van der Waals surface area contributed by atoms with Gasteiger partial charge in [0, 0.05) is 34.0 Å². The van der Waals surface area contributed by atoms with Crippen LogP contribution < -0.4 is 0 Å². The third-order valence-electron chi connectivity index (χ3n) is 5.04. The zero-order valence-electron chi connectivity index (χ0n) is 13.9. The maximum Gasteiger partial charge on any atom is 0.163 e. The van der Waals surface area contributed by atoms with Crippen molar-refractivity contribution >= 4 is 34.8 Å². The first-order valence-electron chi connectivity index (χ1n) is 8.60. The van der Waals surface area contributed by atoms with Gasteiger partial charge in [-0.3, -0.25) is 9.59 Å². The van der Waals surface area contributed by atoms with Crippen molar-refractivity contribution in [3.05, 3.63) is 69.7 Å². The van der Waals surface area contributed by atoms with Gasteiger partial charge >= 0.3 is 0 Å². The van der Waals surface area contributed by atoms with Crippen LogP contribution in [0.5, 0.6) is 0 Å². The first-order valence-corrected chi connectivity index (χ1v) is 9.36. The van der Waals surface area contributed by atoms with Crippen LogP contribution in [0.2, 0.25) is 10.0 Å². The standard InChI is InChI=1S/C21H20Cl2O2/c22-18-8-4-14(5-9-18)20(24)12-16-2-1-3-17(16)13-21(25)15-6-10-19(23)11-7-15/h4-11,16-17H,1-3,12-13H2/t16-,17-/m0/s1. The molecule has 0 bridgehead atoms. The first kappa shape index (κ1) is 18.2. The summed E-state index contributed by atoms with van der Waals surface area (Å²) in [5.74, 6) is 0.818. The fraction of sp³-hybridized carbons (Fsp3) is 0.333. The zero-order chi connectivity index (χ0) is 17.8. The summed E-state index contributed by atoms with van der Waals surface area (Å²) in [6.07, 6.45) is 4.10. The van der Waals surface area contributed by atoms with Gasteiger partial charge in [0.05, 0.1) is 0 Å². The fourth-order valence-corrected chi connectivity index (χ4v) is 3.89. The van der Waals surface area contributed by atoms with E-state index in [1.54, 1.807) is 48.5 Å². The molecule has 0 aromatic heterocycles. The van der Waals surface area contributed by atoms with Crippen molar-refractivity contribution in [1.82, 2.24) is 0 Å². The zero-order valence-corrected chi connectivity index (χ0v) is 15.4. The minimum Gasteiger partial charge on any atom is -0.294 e. The Labute approximate surface area is 158 Å². The van der Waals surface area contributed by atoms with Crippen LogP contribution in [0.25, 0.3) is 0 Å². The van der Waals surface area contributed by atoms with Gasteiger partial charge in [0.2, 0.25) is 0 Å². The lowest BCUT2D eigenvalue weighted by atomic mass is 9.85. The maximum absolute atomic E-state index is 12.5. The van der Waals surface area contributed by atoms with Crippen LogP contribution in [0, 0.1) is 11.8 Å². The molecule has 0 radical (unpaired) electrons. The van der Waals surface area contributed by atoms with Crippen molar-refractivity contribution in [2.75, 3.05) is 0 Å². The summed E-state index contributed by atoms with van der Waals surface area (Å²) in [4.78, 5) is 25.0. The SMILES string of the molecule is O=C(C[C@@H]1CCC[C@H]1CC(=O)c1ccc(Cl)cc1)c1ccc(Cl)cc1. The normalized spacial score (nSPS) is 19.8. The number of rotatable bonds is 6. The molecule has 0 unspecified atom stereocenters. The quantitative estimate of drug-likeness (QED) is 0.559. The second kappa shape index (κ2) is 8.16. The van der Waals surface area contributed by atoms with Crippen LogP contribution in [-0.4, -0.2) is 11.6 Å². The number of carbonyl (C=O) groups excluding carboxylic acids is 2. The molecular formula is C21H20Cl2O2. The van der Waals surface area contributed by atoms with Gasteiger partial charge in [0.15, 0.2) is 11.6 Å². The van der Waals surface area contributed by atoms with Crippen molar-refractivity contribution in [3.8, 4) is 0 Å². The predicted molar refractivity (Wildman–Crippen MR) is 102 cm³/mol. The first-order chi connectivity index (χ1) is 12.0. The summed E-state index contributed by atoms with van der Waals surface area (Å²) in [6.45, 7) is 0. The third kappa shape index (κ3) is 4.71. The number of hydrogen-bond acceptors (Lipinski definition) is 2. The van der Waals surface area contributed by atoms with Crippen LogP contribution in [0.3, 0.4) is 0 Å². The number of benzene rings is 2. The van der Waals surface area contributed by atoms with E-state index >= 15 is 0 Å². The predicted octanol–water partition coefficient (Wildman–Crippen LogP) is 6.26. The molecule has 0 N–H and O–H groups in total. The highest BCUT2D eigenvalue weighted by Crippen LogP contribution is 2.38. The molecule has 0 amide bonds. The molecule has 3 rings (SSSR count). The molecule has 1 saturated carbocycles. The third-order valence-corrected chi connectivity index (χ3v) is 5.55. The molecule has 1 aliphatic carbocycles. The molecule has 130 valence electrons. The average Bonchev–Trinajstić information content (AvgIpc) is 3.02. The minimum absolute atomic E-state index is 0.132. The molecule has 2 nitrogen and oxygen atoms in total. The Balaban J connectivity index is 1.62. The van der Waals surface area contributed by atoms with Gasteiger partial charge in [-0.2, -0.15) is 0 Å². The Kier molecular flexibility index (Phi) is 5.93. The summed E-state index contributed by atoms with van der Waals surface area (Å²) in [5.41, 5.74) is 1.39. The molecule has 4 heteroatoms. The summed E-state index contributed by atoms with van der Waals surface area (Å²) in [6, 6.07) is 14.0. The molecule has 0 spiro atoms. The van der Waals surface area contributed by atoms with Crippen LogP contribution in [0.4, 0.5) is 0 Å². The van der Waals surface area contributed by atoms with Crippen molar-refractivity contribution in [2.45, 2.75) is 32.1 Å². The summed E-state index contributed by atoms with van der Waals surface area (Å²) in [7, 11) is 0. The largest absolute Gasteiger partial charge is 0.294 e. The van der Waals surface area contributed by atoms with E-state index in [2.05, 4.69) is 0 Å². The van der Waals surface area contributed by atoms with E-state index in [9.17, 15) is 9.59 Å². The molecule has 25 heavy (non-hydrogen) atoms. The minimum atomic E-state index is 0.132. The van der Waals surface area contributed by atoms with Crippen LogP contribution in [0.15, 0.2) is 48.5 Å². The second-order valence-corrected chi connectivity index (χ2v) is 7.59. The van der Waals surface area contributed by atoms with Crippen molar-refractivity contribution < 1.29 is 9.59 Å². The average molecular weight is 375 g/mol. The smallest absolute Gasteiger partial charge is 0.163 e. The number of Topliss-reactive ketones (excluding diaryl/α,β-unsaturated/α-hetero) is 2. The second-order valence-electron chi connectivity index (χ2n) is 6.72. The highest BCUT2D eigenvalue weighted by Gasteiger charge is 2.31. The van der Waals surface area contributed by atoms with Crippen molar-refractivity contribution in [3.63, 3.8) is 0 Å². The summed E-state index contributed by atoms with van der Waals surface area (Å²) in [5, 5.41) is 1.26. The lowest BCUT2D eigenvalue weighted by Gasteiger charge is -2.18. The lowest BCUT2D eigenvalue weighted by Crippen LogP contribution is -2.17. The number of hydrogen-bond donors (Lipinski definition) is 0. The highest BCUT2D eigenvalue weighted by molar-refractivity contribution is 6.31. The van der Waals surface area contributed by atoms with E-state index in [4.69, 9.17) is 23.2 Å². The number of carbonyl (C=O) groups is 2. The van der Waals surface area contributed by atoms with Gasteiger partial charge in [-0.25, -0.2) is 0 Å². The van der Waals surface area contributed by atoms with Gasteiger partial charge in [-0.05, 0) is 73.2 Å². The monoisotopic (exact) mass is 374 g/mol. The van der Waals surface area contributed by atoms with E-state index in [1.165, 1.54) is 0 Å². The Morgan fingerprint density at radius 1 is 0.720 bits per heavy atom. The van der Waals surface area contributed by atoms with Crippen LogP contribution in [-0.2, 0) is 0 Å². The molecule has 0 heterocycles. The van der Waals surface area contributed by atoms with E-state index in [1.807, 2.05) is 0 Å². The molecule has 0 aliphatic heterocycles. The summed E-state index contributed by atoms with van der Waals surface area (Å²) >= 11 is 11.8. The molecule has 1 fully saturated rings. The highest BCUT2D eigenvalue weighted by atomic mass is 35.5. The molecule has 2 aromatic carbocycles. The van der Waals surface area contributed by atoms with Gasteiger partial charge in [0.1, 0.15) is 0 Å². The lowest BCUT2D eigenvalue weighted by molar-refractivity contribution is 0.0905. The van der Waals surface area contributed by atoms with Crippen LogP contribution >= 0.6 is 23.2 Å².